The molecule has 0 aliphatic heterocycles. The van der Waals surface area contributed by atoms with Crippen molar-refractivity contribution in [3.63, 3.8) is 0 Å². The Bertz CT molecular complexity index is 614. The van der Waals surface area contributed by atoms with Crippen molar-refractivity contribution in [3.05, 3.63) is 34.7 Å². The van der Waals surface area contributed by atoms with E-state index in [0.29, 0.717) is 23.6 Å². The molecule has 1 N–H and O–H groups in total. The summed E-state index contributed by atoms with van der Waals surface area (Å²) in [5.74, 6) is 0.687. The first-order chi connectivity index (χ1) is 10.2. The average Bonchev–Trinajstić information content (AvgIpc) is 3.17. The summed E-state index contributed by atoms with van der Waals surface area (Å²) < 4.78 is 11.3. The summed E-state index contributed by atoms with van der Waals surface area (Å²) >= 11 is 1.40. The zero-order valence-electron chi connectivity index (χ0n) is 11.9. The van der Waals surface area contributed by atoms with Crippen molar-refractivity contribution in [2.45, 2.75) is 45.3 Å². The fourth-order valence-electron chi connectivity index (χ4n) is 2.40. The van der Waals surface area contributed by atoms with Crippen molar-refractivity contribution < 1.29 is 13.9 Å². The molecule has 0 unspecified atom stereocenters. The molecule has 2 heterocycles. The molecule has 1 aliphatic carbocycles. The van der Waals surface area contributed by atoms with Gasteiger partial charge in [0.2, 0.25) is 0 Å². The number of nitrogens with zero attached hydrogens (tertiary/aromatic N) is 1. The van der Waals surface area contributed by atoms with Gasteiger partial charge in [-0.15, -0.1) is 11.3 Å². The lowest BCUT2D eigenvalue weighted by atomic mass is 10.3. The number of thiazole rings is 1. The Labute approximate surface area is 127 Å². The van der Waals surface area contributed by atoms with E-state index in [4.69, 9.17) is 9.15 Å². The van der Waals surface area contributed by atoms with E-state index < -0.39 is 0 Å². The number of rotatable bonds is 5. The van der Waals surface area contributed by atoms with Gasteiger partial charge >= 0.3 is 0 Å². The molecule has 6 heteroatoms. The van der Waals surface area contributed by atoms with Gasteiger partial charge in [-0.05, 0) is 31.9 Å². The smallest absolute Gasteiger partial charge is 0.293 e. The summed E-state index contributed by atoms with van der Waals surface area (Å²) in [6.45, 7) is 2.31. The SMILES string of the molecule is Cc1csc(NC(=O)c2ccc(COC3CCCC3)o2)n1. The summed E-state index contributed by atoms with van der Waals surface area (Å²) in [6, 6.07) is 3.46. The molecule has 21 heavy (non-hydrogen) atoms. The molecular formula is C15H18N2O3S. The van der Waals surface area contributed by atoms with Crippen LogP contribution in [0.4, 0.5) is 5.13 Å². The summed E-state index contributed by atoms with van der Waals surface area (Å²) in [4.78, 5) is 16.2. The lowest BCUT2D eigenvalue weighted by Crippen LogP contribution is -2.10. The maximum atomic E-state index is 12.0. The Balaban J connectivity index is 1.54. The lowest BCUT2D eigenvalue weighted by Gasteiger charge is -2.08. The van der Waals surface area contributed by atoms with Gasteiger partial charge in [-0.3, -0.25) is 10.1 Å². The van der Waals surface area contributed by atoms with Crippen molar-refractivity contribution in [2.75, 3.05) is 5.32 Å². The maximum absolute atomic E-state index is 12.0. The van der Waals surface area contributed by atoms with Gasteiger partial charge in [-0.25, -0.2) is 4.98 Å². The quantitative estimate of drug-likeness (QED) is 0.913. The number of nitrogens with one attached hydrogen (secondary N) is 1. The van der Waals surface area contributed by atoms with Crippen LogP contribution in [0.2, 0.25) is 0 Å². The molecule has 112 valence electrons. The van der Waals surface area contributed by atoms with Crippen LogP contribution in [-0.2, 0) is 11.3 Å². The molecule has 0 radical (unpaired) electrons. The van der Waals surface area contributed by atoms with Gasteiger partial charge in [0.1, 0.15) is 12.4 Å². The van der Waals surface area contributed by atoms with Crippen LogP contribution >= 0.6 is 11.3 Å². The highest BCUT2D eigenvalue weighted by molar-refractivity contribution is 7.13. The van der Waals surface area contributed by atoms with Gasteiger partial charge in [-0.1, -0.05) is 12.8 Å². The van der Waals surface area contributed by atoms with Gasteiger partial charge in [0.05, 0.1) is 11.8 Å². The van der Waals surface area contributed by atoms with E-state index in [2.05, 4.69) is 10.3 Å². The Morgan fingerprint density at radius 2 is 2.29 bits per heavy atom. The van der Waals surface area contributed by atoms with E-state index in [1.54, 1.807) is 12.1 Å². The van der Waals surface area contributed by atoms with Crippen LogP contribution in [0, 0.1) is 6.92 Å². The second-order valence-electron chi connectivity index (χ2n) is 5.23. The second-order valence-corrected chi connectivity index (χ2v) is 6.09. The van der Waals surface area contributed by atoms with Crippen molar-refractivity contribution in [3.8, 4) is 0 Å². The van der Waals surface area contributed by atoms with Crippen LogP contribution in [0.3, 0.4) is 0 Å². The van der Waals surface area contributed by atoms with Crippen molar-refractivity contribution in [1.29, 1.82) is 0 Å². The molecule has 2 aromatic heterocycles. The van der Waals surface area contributed by atoms with E-state index in [1.165, 1.54) is 24.2 Å². The predicted octanol–water partition coefficient (Wildman–Crippen LogP) is 3.76. The molecule has 5 nitrogen and oxygen atoms in total. The van der Waals surface area contributed by atoms with E-state index in [9.17, 15) is 4.79 Å². The molecule has 1 aliphatic rings. The molecule has 0 atom stereocenters. The fraction of sp³-hybridized carbons (Fsp3) is 0.467. The highest BCUT2D eigenvalue weighted by Crippen LogP contribution is 2.23. The number of hydrogen-bond acceptors (Lipinski definition) is 5. The minimum absolute atomic E-state index is 0.281. The van der Waals surface area contributed by atoms with Gasteiger partial charge in [0.25, 0.3) is 5.91 Å². The van der Waals surface area contributed by atoms with E-state index in [-0.39, 0.29) is 11.7 Å². The monoisotopic (exact) mass is 306 g/mol. The number of carbonyl (C=O) groups is 1. The summed E-state index contributed by atoms with van der Waals surface area (Å²) in [5, 5.41) is 5.19. The summed E-state index contributed by atoms with van der Waals surface area (Å²) in [7, 11) is 0. The first-order valence-electron chi connectivity index (χ1n) is 7.14. The van der Waals surface area contributed by atoms with Crippen LogP contribution in [-0.4, -0.2) is 17.0 Å². The molecule has 1 saturated carbocycles. The highest BCUT2D eigenvalue weighted by atomic mass is 32.1. The number of furan rings is 1. The van der Waals surface area contributed by atoms with Crippen LogP contribution in [0.5, 0.6) is 0 Å². The minimum atomic E-state index is -0.281. The molecule has 0 bridgehead atoms. The van der Waals surface area contributed by atoms with E-state index in [0.717, 1.165) is 18.5 Å². The fourth-order valence-corrected chi connectivity index (χ4v) is 3.09. The molecular weight excluding hydrogens is 288 g/mol. The maximum Gasteiger partial charge on any atom is 0.293 e. The molecule has 0 aromatic carbocycles. The Morgan fingerprint density at radius 1 is 1.48 bits per heavy atom. The number of hydrogen-bond donors (Lipinski definition) is 1. The average molecular weight is 306 g/mol. The minimum Gasteiger partial charge on any atom is -0.453 e. The topological polar surface area (TPSA) is 64.4 Å². The number of ether oxygens (including phenoxy) is 1. The number of aromatic nitrogens is 1. The molecule has 1 fully saturated rings. The molecule has 3 rings (SSSR count). The first-order valence-corrected chi connectivity index (χ1v) is 8.02. The molecule has 0 spiro atoms. The molecule has 0 saturated heterocycles. The molecule has 2 aromatic rings. The number of carbonyl (C=O) groups excluding carboxylic acids is 1. The summed E-state index contributed by atoms with van der Waals surface area (Å²) in [6.07, 6.45) is 5.06. The zero-order valence-corrected chi connectivity index (χ0v) is 12.7. The Morgan fingerprint density at radius 3 is 3.00 bits per heavy atom. The lowest BCUT2D eigenvalue weighted by molar-refractivity contribution is 0.0353. The third kappa shape index (κ3) is 3.71. The first kappa shape index (κ1) is 14.3. The highest BCUT2D eigenvalue weighted by Gasteiger charge is 2.17. The van der Waals surface area contributed by atoms with Gasteiger partial charge in [0.15, 0.2) is 10.9 Å². The number of anilines is 1. The third-order valence-corrected chi connectivity index (χ3v) is 4.36. The number of amides is 1. The van der Waals surface area contributed by atoms with Crippen LogP contribution in [0.1, 0.15) is 47.7 Å². The van der Waals surface area contributed by atoms with Crippen LogP contribution < -0.4 is 5.32 Å². The second kappa shape index (κ2) is 6.41. The van der Waals surface area contributed by atoms with E-state index in [1.807, 2.05) is 12.3 Å². The predicted molar refractivity (Wildman–Crippen MR) is 80.6 cm³/mol. The Kier molecular flexibility index (Phi) is 4.36. The van der Waals surface area contributed by atoms with Gasteiger partial charge in [-0.2, -0.15) is 0 Å². The van der Waals surface area contributed by atoms with Crippen LogP contribution in [0.15, 0.2) is 21.9 Å². The van der Waals surface area contributed by atoms with Crippen molar-refractivity contribution in [1.82, 2.24) is 4.98 Å². The standard InChI is InChI=1S/C15H18N2O3S/c1-10-9-21-15(16-10)17-14(18)13-7-6-12(20-13)8-19-11-4-2-3-5-11/h6-7,9,11H,2-5,8H2,1H3,(H,16,17,18). The molecule has 1 amide bonds. The Hall–Kier alpha value is -1.66. The normalized spacial score (nSPS) is 15.5. The largest absolute Gasteiger partial charge is 0.453 e. The third-order valence-electron chi connectivity index (χ3n) is 3.49. The van der Waals surface area contributed by atoms with E-state index >= 15 is 0 Å². The van der Waals surface area contributed by atoms with Crippen molar-refractivity contribution >= 4 is 22.4 Å². The summed E-state index contributed by atoms with van der Waals surface area (Å²) in [5.41, 5.74) is 0.889. The van der Waals surface area contributed by atoms with Crippen LogP contribution in [0.25, 0.3) is 0 Å². The zero-order chi connectivity index (χ0) is 14.7. The van der Waals surface area contributed by atoms with Gasteiger partial charge in [0, 0.05) is 5.38 Å². The van der Waals surface area contributed by atoms with Crippen molar-refractivity contribution in [2.24, 2.45) is 0 Å². The number of aryl methyl sites for hydroxylation is 1. The van der Waals surface area contributed by atoms with Gasteiger partial charge < -0.3 is 9.15 Å².